The highest BCUT2D eigenvalue weighted by Gasteiger charge is 2.52. The Labute approximate surface area is 173 Å². The zero-order valence-corrected chi connectivity index (χ0v) is 16.5. The molecule has 2 heterocycles. The van der Waals surface area contributed by atoms with Crippen molar-refractivity contribution in [2.45, 2.75) is 44.1 Å². The van der Waals surface area contributed by atoms with E-state index in [-0.39, 0.29) is 30.9 Å². The van der Waals surface area contributed by atoms with Gasteiger partial charge in [-0.3, -0.25) is 29.0 Å². The number of carbonyl (C=O) groups excluding carboxylic acids is 5. The summed E-state index contributed by atoms with van der Waals surface area (Å²) in [6.07, 6.45) is 3.87. The molecule has 2 fully saturated rings. The number of urea groups is 1. The summed E-state index contributed by atoms with van der Waals surface area (Å²) in [7, 11) is 0. The lowest BCUT2D eigenvalue weighted by Gasteiger charge is -2.19. The molecule has 2 aliphatic heterocycles. The van der Waals surface area contributed by atoms with Crippen LogP contribution in [-0.4, -0.2) is 64.8 Å². The monoisotopic (exact) mass is 413 g/mol. The van der Waals surface area contributed by atoms with Gasteiger partial charge in [-0.2, -0.15) is 0 Å². The SMILES string of the molecule is O=C(CN1C(=O)NC2(CCCC2)C1=O)OCCCCN1C(=O)c2ccccc2C1=O. The molecule has 1 saturated carbocycles. The lowest BCUT2D eigenvalue weighted by molar-refractivity contribution is -0.147. The van der Waals surface area contributed by atoms with Crippen LogP contribution in [0.15, 0.2) is 24.3 Å². The summed E-state index contributed by atoms with van der Waals surface area (Å²) < 4.78 is 5.13. The summed E-state index contributed by atoms with van der Waals surface area (Å²) in [5.41, 5.74) is -0.0333. The fourth-order valence-electron chi connectivity index (χ4n) is 4.31. The topological polar surface area (TPSA) is 113 Å². The predicted molar refractivity (Wildman–Crippen MR) is 103 cm³/mol. The first kappa shape index (κ1) is 20.1. The number of hydrogen-bond donors (Lipinski definition) is 1. The first-order valence-electron chi connectivity index (χ1n) is 10.2. The van der Waals surface area contributed by atoms with Crippen LogP contribution in [0.5, 0.6) is 0 Å². The number of ether oxygens (including phenoxy) is 1. The van der Waals surface area contributed by atoms with Crippen LogP contribution in [0.25, 0.3) is 0 Å². The maximum absolute atomic E-state index is 12.5. The molecule has 0 radical (unpaired) electrons. The van der Waals surface area contributed by atoms with Gasteiger partial charge in [-0.1, -0.05) is 25.0 Å². The summed E-state index contributed by atoms with van der Waals surface area (Å²) >= 11 is 0. The molecule has 4 rings (SSSR count). The minimum Gasteiger partial charge on any atom is -0.464 e. The fourth-order valence-corrected chi connectivity index (χ4v) is 4.31. The van der Waals surface area contributed by atoms with Crippen LogP contribution in [0.1, 0.15) is 59.2 Å². The molecule has 158 valence electrons. The van der Waals surface area contributed by atoms with Crippen molar-refractivity contribution in [1.29, 1.82) is 0 Å². The van der Waals surface area contributed by atoms with E-state index in [2.05, 4.69) is 5.32 Å². The van der Waals surface area contributed by atoms with Gasteiger partial charge < -0.3 is 10.1 Å². The molecule has 1 spiro atoms. The van der Waals surface area contributed by atoms with Gasteiger partial charge in [0.15, 0.2) is 0 Å². The molecule has 3 aliphatic rings. The highest BCUT2D eigenvalue weighted by Crippen LogP contribution is 2.34. The number of amides is 5. The predicted octanol–water partition coefficient (Wildman–Crippen LogP) is 1.47. The van der Waals surface area contributed by atoms with E-state index in [1.165, 1.54) is 4.90 Å². The smallest absolute Gasteiger partial charge is 0.326 e. The van der Waals surface area contributed by atoms with Crippen LogP contribution < -0.4 is 5.32 Å². The van der Waals surface area contributed by atoms with E-state index in [1.54, 1.807) is 24.3 Å². The average Bonchev–Trinajstić information content (AvgIpc) is 3.37. The van der Waals surface area contributed by atoms with E-state index in [9.17, 15) is 24.0 Å². The molecule has 1 N–H and O–H groups in total. The third-order valence-corrected chi connectivity index (χ3v) is 5.91. The Bertz CT molecular complexity index is 886. The number of hydrogen-bond acceptors (Lipinski definition) is 6. The van der Waals surface area contributed by atoms with E-state index >= 15 is 0 Å². The van der Waals surface area contributed by atoms with Gasteiger partial charge in [-0.15, -0.1) is 0 Å². The number of unbranched alkanes of at least 4 members (excludes halogenated alkanes) is 1. The Balaban J connectivity index is 1.19. The third kappa shape index (κ3) is 3.44. The van der Waals surface area contributed by atoms with Crippen LogP contribution in [0.2, 0.25) is 0 Å². The lowest BCUT2D eigenvalue weighted by Crippen LogP contribution is -2.44. The number of rotatable bonds is 7. The molecule has 5 amide bonds. The molecule has 0 atom stereocenters. The second-order valence-corrected chi connectivity index (χ2v) is 7.85. The largest absolute Gasteiger partial charge is 0.464 e. The zero-order valence-electron chi connectivity index (χ0n) is 16.5. The van der Waals surface area contributed by atoms with Crippen LogP contribution >= 0.6 is 0 Å². The maximum Gasteiger partial charge on any atom is 0.326 e. The zero-order chi connectivity index (χ0) is 21.3. The van der Waals surface area contributed by atoms with Crippen molar-refractivity contribution in [2.75, 3.05) is 19.7 Å². The van der Waals surface area contributed by atoms with Crippen LogP contribution in [-0.2, 0) is 14.3 Å². The van der Waals surface area contributed by atoms with E-state index < -0.39 is 24.1 Å². The number of nitrogens with one attached hydrogen (secondary N) is 1. The van der Waals surface area contributed by atoms with Crippen molar-refractivity contribution < 1.29 is 28.7 Å². The van der Waals surface area contributed by atoms with Gasteiger partial charge in [-0.25, -0.2) is 4.79 Å². The van der Waals surface area contributed by atoms with Gasteiger partial charge >= 0.3 is 12.0 Å². The molecule has 9 heteroatoms. The molecular formula is C21H23N3O6. The Morgan fingerprint density at radius 2 is 1.60 bits per heavy atom. The molecule has 1 aromatic rings. The van der Waals surface area contributed by atoms with Gasteiger partial charge in [0.25, 0.3) is 17.7 Å². The van der Waals surface area contributed by atoms with Gasteiger partial charge in [0.05, 0.1) is 17.7 Å². The summed E-state index contributed by atoms with van der Waals surface area (Å²) in [6, 6.07) is 6.13. The van der Waals surface area contributed by atoms with Crippen molar-refractivity contribution in [3.05, 3.63) is 35.4 Å². The molecule has 0 unspecified atom stereocenters. The Morgan fingerprint density at radius 3 is 2.23 bits per heavy atom. The van der Waals surface area contributed by atoms with Crippen molar-refractivity contribution in [3.8, 4) is 0 Å². The summed E-state index contributed by atoms with van der Waals surface area (Å²) in [5.74, 6) is -1.64. The van der Waals surface area contributed by atoms with Gasteiger partial charge in [0.2, 0.25) is 0 Å². The third-order valence-electron chi connectivity index (χ3n) is 5.91. The van der Waals surface area contributed by atoms with E-state index in [0.29, 0.717) is 36.8 Å². The highest BCUT2D eigenvalue weighted by molar-refractivity contribution is 6.21. The molecule has 1 saturated heterocycles. The Hall–Kier alpha value is -3.23. The van der Waals surface area contributed by atoms with Crippen molar-refractivity contribution >= 4 is 29.7 Å². The first-order valence-corrected chi connectivity index (χ1v) is 10.2. The molecule has 9 nitrogen and oxygen atoms in total. The van der Waals surface area contributed by atoms with Crippen LogP contribution in [0.3, 0.4) is 0 Å². The number of imide groups is 2. The van der Waals surface area contributed by atoms with Crippen LogP contribution in [0.4, 0.5) is 4.79 Å². The number of carbonyl (C=O) groups is 5. The van der Waals surface area contributed by atoms with Gasteiger partial charge in [-0.05, 0) is 37.8 Å². The highest BCUT2D eigenvalue weighted by atomic mass is 16.5. The second kappa shape index (κ2) is 7.89. The molecule has 1 aliphatic carbocycles. The summed E-state index contributed by atoms with van der Waals surface area (Å²) in [6.45, 7) is -0.0962. The fraction of sp³-hybridized carbons (Fsp3) is 0.476. The summed E-state index contributed by atoms with van der Waals surface area (Å²) in [5, 5.41) is 2.72. The van der Waals surface area contributed by atoms with E-state index in [1.807, 2.05) is 0 Å². The minimum absolute atomic E-state index is 0.0802. The Kier molecular flexibility index (Phi) is 5.27. The Morgan fingerprint density at radius 1 is 0.967 bits per heavy atom. The minimum atomic E-state index is -0.844. The molecule has 0 aromatic heterocycles. The molecule has 1 aromatic carbocycles. The summed E-state index contributed by atoms with van der Waals surface area (Å²) in [4.78, 5) is 63.3. The standard InChI is InChI=1S/C21H23N3O6/c25-16(13-24-19(28)21(22-20(24)29)9-3-4-10-21)30-12-6-5-11-23-17(26)14-7-1-2-8-15(14)18(23)27/h1-2,7-8H,3-6,9-13H2,(H,22,29). The normalized spacial score (nSPS) is 19.6. The van der Waals surface area contributed by atoms with Crippen molar-refractivity contribution in [3.63, 3.8) is 0 Å². The van der Waals surface area contributed by atoms with Crippen LogP contribution in [0, 0.1) is 0 Å². The maximum atomic E-state index is 12.5. The van der Waals surface area contributed by atoms with Gasteiger partial charge in [0.1, 0.15) is 12.1 Å². The quantitative estimate of drug-likeness (QED) is 0.313. The van der Waals surface area contributed by atoms with Crippen molar-refractivity contribution in [1.82, 2.24) is 15.1 Å². The van der Waals surface area contributed by atoms with Crippen molar-refractivity contribution in [2.24, 2.45) is 0 Å². The second-order valence-electron chi connectivity index (χ2n) is 7.85. The average molecular weight is 413 g/mol. The lowest BCUT2D eigenvalue weighted by atomic mass is 9.98. The van der Waals surface area contributed by atoms with Gasteiger partial charge in [0, 0.05) is 6.54 Å². The number of esters is 1. The van der Waals surface area contributed by atoms with E-state index in [4.69, 9.17) is 4.74 Å². The number of nitrogens with zero attached hydrogens (tertiary/aromatic N) is 2. The number of fused-ring (bicyclic) bond motifs is 1. The molecule has 30 heavy (non-hydrogen) atoms. The molecule has 0 bridgehead atoms. The number of benzene rings is 1. The van der Waals surface area contributed by atoms with E-state index in [0.717, 1.165) is 17.7 Å². The first-order chi connectivity index (χ1) is 14.4. The molecular weight excluding hydrogens is 390 g/mol.